The lowest BCUT2D eigenvalue weighted by molar-refractivity contribution is 0.0446. The molecular weight excluding hydrogens is 378 g/mol. The number of rotatable bonds is 4. The summed E-state index contributed by atoms with van der Waals surface area (Å²) in [6.07, 6.45) is 1.60. The fourth-order valence-electron chi connectivity index (χ4n) is 2.40. The van der Waals surface area contributed by atoms with Gasteiger partial charge in [-0.05, 0) is 31.2 Å². The summed E-state index contributed by atoms with van der Waals surface area (Å²) >= 11 is 3.38. The molecular formula is C17H14BrNO5. The Hall–Kier alpha value is -2.54. The van der Waals surface area contributed by atoms with Gasteiger partial charge in [-0.25, -0.2) is 9.59 Å². The third-order valence-electron chi connectivity index (χ3n) is 3.58. The van der Waals surface area contributed by atoms with Crippen LogP contribution in [0.1, 0.15) is 32.2 Å². The van der Waals surface area contributed by atoms with E-state index in [1.54, 1.807) is 13.1 Å². The number of H-pyrrole nitrogens is 1. The molecule has 0 fully saturated rings. The Morgan fingerprint density at radius 3 is 2.75 bits per heavy atom. The lowest BCUT2D eigenvalue weighted by atomic mass is 10.2. The molecule has 1 aromatic carbocycles. The Labute approximate surface area is 145 Å². The van der Waals surface area contributed by atoms with Crippen molar-refractivity contribution in [3.05, 3.63) is 57.6 Å². The topological polar surface area (TPSA) is 81.5 Å². The van der Waals surface area contributed by atoms with E-state index >= 15 is 0 Å². The van der Waals surface area contributed by atoms with Crippen molar-refractivity contribution >= 4 is 38.8 Å². The van der Waals surface area contributed by atoms with Crippen LogP contribution < -0.4 is 0 Å². The molecule has 1 N–H and O–H groups in total. The minimum Gasteiger partial charge on any atom is -0.465 e. The first-order chi connectivity index (χ1) is 11.5. The third-order valence-corrected chi connectivity index (χ3v) is 4.08. The average molecular weight is 392 g/mol. The zero-order valence-corrected chi connectivity index (χ0v) is 14.6. The van der Waals surface area contributed by atoms with Gasteiger partial charge in [-0.1, -0.05) is 15.9 Å². The summed E-state index contributed by atoms with van der Waals surface area (Å²) in [5.74, 6) is -0.172. The molecule has 0 aliphatic heterocycles. The number of esters is 2. The van der Waals surface area contributed by atoms with Crippen molar-refractivity contribution in [1.29, 1.82) is 0 Å². The van der Waals surface area contributed by atoms with Crippen LogP contribution in [0.3, 0.4) is 0 Å². The summed E-state index contributed by atoms with van der Waals surface area (Å²) in [4.78, 5) is 26.9. The number of fused-ring (bicyclic) bond motifs is 1. The highest BCUT2D eigenvalue weighted by Crippen LogP contribution is 2.24. The molecule has 0 spiro atoms. The van der Waals surface area contributed by atoms with Crippen molar-refractivity contribution in [2.45, 2.75) is 13.5 Å². The van der Waals surface area contributed by atoms with Crippen LogP contribution in [-0.4, -0.2) is 24.0 Å². The van der Waals surface area contributed by atoms with Gasteiger partial charge in [0.05, 0.1) is 12.7 Å². The van der Waals surface area contributed by atoms with Crippen LogP contribution in [0, 0.1) is 6.92 Å². The van der Waals surface area contributed by atoms with E-state index < -0.39 is 11.9 Å². The average Bonchev–Trinajstić information content (AvgIpc) is 3.15. The van der Waals surface area contributed by atoms with Gasteiger partial charge < -0.3 is 18.9 Å². The molecule has 3 aromatic rings. The van der Waals surface area contributed by atoms with Crippen LogP contribution in [-0.2, 0) is 16.1 Å². The van der Waals surface area contributed by atoms with Crippen LogP contribution in [0.4, 0.5) is 0 Å². The Balaban J connectivity index is 1.75. The fourth-order valence-corrected chi connectivity index (χ4v) is 2.76. The van der Waals surface area contributed by atoms with Crippen molar-refractivity contribution in [3.8, 4) is 0 Å². The molecule has 24 heavy (non-hydrogen) atoms. The predicted molar refractivity (Wildman–Crippen MR) is 89.9 cm³/mol. The number of halogens is 1. The second kappa shape index (κ2) is 6.52. The number of aromatic nitrogens is 1. The van der Waals surface area contributed by atoms with Gasteiger partial charge in [0, 0.05) is 21.6 Å². The first-order valence-electron chi connectivity index (χ1n) is 7.11. The van der Waals surface area contributed by atoms with E-state index in [0.717, 1.165) is 15.4 Å². The lowest BCUT2D eigenvalue weighted by Crippen LogP contribution is -2.04. The number of ether oxygens (including phenoxy) is 2. The van der Waals surface area contributed by atoms with Gasteiger partial charge in [-0.15, -0.1) is 0 Å². The molecule has 6 nitrogen and oxygen atoms in total. The van der Waals surface area contributed by atoms with Gasteiger partial charge >= 0.3 is 11.9 Å². The number of hydrogen-bond donors (Lipinski definition) is 1. The van der Waals surface area contributed by atoms with E-state index in [-0.39, 0.29) is 6.61 Å². The Bertz CT molecular complexity index is 924. The number of furan rings is 1. The predicted octanol–water partition coefficient (Wildman–Crippen LogP) is 3.98. The van der Waals surface area contributed by atoms with Gasteiger partial charge in [0.25, 0.3) is 0 Å². The van der Waals surface area contributed by atoms with Crippen molar-refractivity contribution < 1.29 is 23.5 Å². The Morgan fingerprint density at radius 2 is 2.00 bits per heavy atom. The SMILES string of the molecule is COC(=O)c1cc(COC(=O)c2c[nH]c3ccc(Br)cc23)oc1C. The number of carbonyl (C=O) groups excluding carboxylic acids is 2. The first kappa shape index (κ1) is 16.3. The zero-order valence-electron chi connectivity index (χ0n) is 13.0. The molecule has 0 aliphatic rings. The molecule has 3 rings (SSSR count). The molecule has 0 saturated heterocycles. The highest BCUT2D eigenvalue weighted by molar-refractivity contribution is 9.10. The highest BCUT2D eigenvalue weighted by Gasteiger charge is 2.18. The monoisotopic (exact) mass is 391 g/mol. The van der Waals surface area contributed by atoms with E-state index in [4.69, 9.17) is 9.15 Å². The standard InChI is InChI=1S/C17H14BrNO5/c1-9-12(16(20)22-2)6-11(24-9)8-23-17(21)14-7-19-15-4-3-10(18)5-13(14)15/h3-7,19H,8H2,1-2H3. The second-order valence-corrected chi connectivity index (χ2v) is 6.06. The zero-order chi connectivity index (χ0) is 17.3. The summed E-state index contributed by atoms with van der Waals surface area (Å²) in [5, 5.41) is 0.764. The van der Waals surface area contributed by atoms with E-state index in [2.05, 4.69) is 25.7 Å². The molecule has 0 bridgehead atoms. The molecule has 0 radical (unpaired) electrons. The van der Waals surface area contributed by atoms with E-state index in [9.17, 15) is 9.59 Å². The number of nitrogens with one attached hydrogen (secondary N) is 1. The normalized spacial score (nSPS) is 10.8. The number of methoxy groups -OCH3 is 1. The lowest BCUT2D eigenvalue weighted by Gasteiger charge is -2.02. The summed E-state index contributed by atoms with van der Waals surface area (Å²) in [6, 6.07) is 7.11. The van der Waals surface area contributed by atoms with E-state index in [0.29, 0.717) is 22.6 Å². The summed E-state index contributed by atoms with van der Waals surface area (Å²) in [5.41, 5.74) is 1.59. The minimum atomic E-state index is -0.490. The summed E-state index contributed by atoms with van der Waals surface area (Å²) in [6.45, 7) is 1.58. The maximum absolute atomic E-state index is 12.3. The van der Waals surface area contributed by atoms with Gasteiger partial charge in [0.2, 0.25) is 0 Å². The van der Waals surface area contributed by atoms with Gasteiger partial charge in [-0.3, -0.25) is 0 Å². The summed E-state index contributed by atoms with van der Waals surface area (Å²) in [7, 11) is 1.30. The number of carbonyl (C=O) groups is 2. The molecule has 2 aromatic heterocycles. The first-order valence-corrected chi connectivity index (χ1v) is 7.90. The van der Waals surface area contributed by atoms with Crippen molar-refractivity contribution in [1.82, 2.24) is 4.98 Å². The molecule has 0 atom stereocenters. The largest absolute Gasteiger partial charge is 0.465 e. The number of hydrogen-bond acceptors (Lipinski definition) is 5. The second-order valence-electron chi connectivity index (χ2n) is 5.14. The maximum atomic E-state index is 12.3. The van der Waals surface area contributed by atoms with Gasteiger partial charge in [-0.2, -0.15) is 0 Å². The molecule has 7 heteroatoms. The van der Waals surface area contributed by atoms with Gasteiger partial charge in [0.15, 0.2) is 0 Å². The van der Waals surface area contributed by atoms with Crippen LogP contribution >= 0.6 is 15.9 Å². The number of aryl methyl sites for hydroxylation is 1. The minimum absolute atomic E-state index is 0.0721. The highest BCUT2D eigenvalue weighted by atomic mass is 79.9. The third kappa shape index (κ3) is 3.07. The van der Waals surface area contributed by atoms with Crippen LogP contribution in [0.5, 0.6) is 0 Å². The molecule has 124 valence electrons. The van der Waals surface area contributed by atoms with Gasteiger partial charge in [0.1, 0.15) is 23.7 Å². The van der Waals surface area contributed by atoms with Crippen molar-refractivity contribution in [3.63, 3.8) is 0 Å². The van der Waals surface area contributed by atoms with E-state index in [1.807, 2.05) is 18.2 Å². The molecule has 0 aliphatic carbocycles. The van der Waals surface area contributed by atoms with E-state index in [1.165, 1.54) is 13.2 Å². The molecule has 0 saturated carbocycles. The Morgan fingerprint density at radius 1 is 1.21 bits per heavy atom. The van der Waals surface area contributed by atoms with Crippen LogP contribution in [0.2, 0.25) is 0 Å². The number of benzene rings is 1. The fraction of sp³-hybridized carbons (Fsp3) is 0.176. The summed E-state index contributed by atoms with van der Waals surface area (Å²) < 4.78 is 16.2. The van der Waals surface area contributed by atoms with Crippen molar-refractivity contribution in [2.75, 3.05) is 7.11 Å². The smallest absolute Gasteiger partial charge is 0.341 e. The number of aromatic amines is 1. The van der Waals surface area contributed by atoms with Crippen LogP contribution in [0.25, 0.3) is 10.9 Å². The molecule has 0 unspecified atom stereocenters. The molecule has 2 heterocycles. The quantitative estimate of drug-likeness (QED) is 0.680. The van der Waals surface area contributed by atoms with Crippen molar-refractivity contribution in [2.24, 2.45) is 0 Å². The maximum Gasteiger partial charge on any atom is 0.341 e. The Kier molecular flexibility index (Phi) is 4.44. The van der Waals surface area contributed by atoms with Crippen LogP contribution in [0.15, 0.2) is 39.4 Å². The molecule has 0 amide bonds.